The average molecular weight is 327 g/mol. The zero-order valence-corrected chi connectivity index (χ0v) is 14.8. The van der Waals surface area contributed by atoms with Gasteiger partial charge in [-0.3, -0.25) is 0 Å². The maximum Gasteiger partial charge on any atom is 0.357 e. The number of hydrogen-bond donors (Lipinski definition) is 0. The minimum absolute atomic E-state index is 0.188. The number of nitrogens with zero attached hydrogens (tertiary/aromatic N) is 1. The van der Waals surface area contributed by atoms with Crippen molar-refractivity contribution in [2.24, 2.45) is 0 Å². The van der Waals surface area contributed by atoms with Crippen molar-refractivity contribution in [1.29, 1.82) is 0 Å². The van der Waals surface area contributed by atoms with Crippen LogP contribution in [0.4, 0.5) is 0 Å². The van der Waals surface area contributed by atoms with Crippen LogP contribution in [0, 0.1) is 0 Å². The van der Waals surface area contributed by atoms with Crippen LogP contribution in [0.1, 0.15) is 49.7 Å². The summed E-state index contributed by atoms with van der Waals surface area (Å²) in [7, 11) is 1.57. The lowest BCUT2D eigenvalue weighted by Crippen LogP contribution is -2.13. The topological polar surface area (TPSA) is 48.4 Å². The molecule has 1 aromatic carbocycles. The molecule has 4 heteroatoms. The summed E-state index contributed by atoms with van der Waals surface area (Å²) in [6.45, 7) is 5.81. The summed E-state index contributed by atoms with van der Waals surface area (Å²) >= 11 is 0. The molecule has 0 saturated heterocycles. The lowest BCUT2D eigenvalue weighted by Gasteiger charge is -2.11. The van der Waals surface area contributed by atoms with Gasteiger partial charge in [-0.25, -0.2) is 9.78 Å². The molecular weight excluding hydrogens is 302 g/mol. The third-order valence-corrected chi connectivity index (χ3v) is 3.66. The quantitative estimate of drug-likeness (QED) is 0.694. The molecule has 1 aromatic heterocycles. The van der Waals surface area contributed by atoms with E-state index in [0.29, 0.717) is 11.4 Å². The van der Waals surface area contributed by atoms with Crippen molar-refractivity contribution in [3.8, 4) is 17.0 Å². The first-order valence-corrected chi connectivity index (χ1v) is 8.39. The van der Waals surface area contributed by atoms with E-state index >= 15 is 0 Å². The van der Waals surface area contributed by atoms with Crippen molar-refractivity contribution >= 4 is 5.97 Å². The Morgan fingerprint density at radius 3 is 2.46 bits per heavy atom. The van der Waals surface area contributed by atoms with E-state index < -0.39 is 5.97 Å². The van der Waals surface area contributed by atoms with Gasteiger partial charge < -0.3 is 9.47 Å². The first-order valence-electron chi connectivity index (χ1n) is 8.39. The Balaban J connectivity index is 2.30. The number of hydrogen-bond acceptors (Lipinski definition) is 4. The summed E-state index contributed by atoms with van der Waals surface area (Å²) in [4.78, 5) is 16.6. The van der Waals surface area contributed by atoms with E-state index in [9.17, 15) is 4.79 Å². The van der Waals surface area contributed by atoms with Gasteiger partial charge in [0.05, 0.1) is 18.9 Å². The number of esters is 1. The van der Waals surface area contributed by atoms with Crippen LogP contribution in [0.3, 0.4) is 0 Å². The third kappa shape index (κ3) is 4.82. The Kier molecular flexibility index (Phi) is 6.36. The van der Waals surface area contributed by atoms with Gasteiger partial charge in [-0.2, -0.15) is 0 Å². The number of carbonyl (C=O) groups excluding carboxylic acids is 1. The van der Waals surface area contributed by atoms with Crippen molar-refractivity contribution in [3.05, 3.63) is 47.7 Å². The maximum atomic E-state index is 12.1. The van der Waals surface area contributed by atoms with Crippen LogP contribution in [0.15, 0.2) is 36.4 Å². The zero-order chi connectivity index (χ0) is 17.5. The number of aromatic nitrogens is 1. The van der Waals surface area contributed by atoms with Gasteiger partial charge in [-0.15, -0.1) is 0 Å². The second-order valence-electron chi connectivity index (χ2n) is 6.03. The maximum absolute atomic E-state index is 12.1. The van der Waals surface area contributed by atoms with Gasteiger partial charge in [0.1, 0.15) is 5.75 Å². The first kappa shape index (κ1) is 18.0. The van der Waals surface area contributed by atoms with Crippen LogP contribution in [-0.4, -0.2) is 24.2 Å². The largest absolute Gasteiger partial charge is 0.497 e. The summed E-state index contributed by atoms with van der Waals surface area (Å²) in [5, 5.41) is 0. The minimum atomic E-state index is -0.440. The summed E-state index contributed by atoms with van der Waals surface area (Å²) in [5.74, 6) is 0.149. The smallest absolute Gasteiger partial charge is 0.357 e. The average Bonchev–Trinajstić information content (AvgIpc) is 2.59. The van der Waals surface area contributed by atoms with Crippen molar-refractivity contribution in [3.63, 3.8) is 0 Å². The van der Waals surface area contributed by atoms with Crippen LogP contribution in [-0.2, 0) is 11.2 Å². The molecule has 0 spiro atoms. The van der Waals surface area contributed by atoms with Crippen molar-refractivity contribution < 1.29 is 14.3 Å². The number of methoxy groups -OCH3 is 1. The molecule has 0 aliphatic carbocycles. The molecular formula is C20H25NO3. The van der Waals surface area contributed by atoms with E-state index in [4.69, 9.17) is 9.47 Å². The van der Waals surface area contributed by atoms with Gasteiger partial charge in [-0.05, 0) is 32.3 Å². The van der Waals surface area contributed by atoms with Gasteiger partial charge in [0.15, 0.2) is 5.69 Å². The van der Waals surface area contributed by atoms with Crippen molar-refractivity contribution in [2.45, 2.75) is 46.1 Å². The molecule has 0 N–H and O–H groups in total. The highest BCUT2D eigenvalue weighted by Crippen LogP contribution is 2.24. The molecule has 4 nitrogen and oxygen atoms in total. The molecule has 0 atom stereocenters. The number of pyridine rings is 1. The predicted molar refractivity (Wildman–Crippen MR) is 95.4 cm³/mol. The summed E-state index contributed by atoms with van der Waals surface area (Å²) in [5.41, 5.74) is 3.22. The Morgan fingerprint density at radius 1 is 1.17 bits per heavy atom. The van der Waals surface area contributed by atoms with E-state index in [-0.39, 0.29) is 11.8 Å². The highest BCUT2D eigenvalue weighted by molar-refractivity contribution is 5.88. The van der Waals surface area contributed by atoms with Crippen molar-refractivity contribution in [1.82, 2.24) is 4.98 Å². The van der Waals surface area contributed by atoms with E-state index in [1.807, 2.05) is 32.0 Å². The number of aryl methyl sites for hydroxylation is 1. The van der Waals surface area contributed by atoms with E-state index in [2.05, 4.69) is 24.0 Å². The molecule has 24 heavy (non-hydrogen) atoms. The van der Waals surface area contributed by atoms with Crippen LogP contribution in [0.2, 0.25) is 0 Å². The molecule has 128 valence electrons. The Bertz CT molecular complexity index is 678. The Labute approximate surface area is 143 Å². The molecule has 0 unspecified atom stereocenters. The highest BCUT2D eigenvalue weighted by atomic mass is 16.5. The molecule has 0 aliphatic rings. The van der Waals surface area contributed by atoms with Crippen LogP contribution in [0.5, 0.6) is 5.75 Å². The predicted octanol–water partition coefficient (Wildman–Crippen LogP) is 4.67. The molecule has 0 bridgehead atoms. The normalized spacial score (nSPS) is 10.7. The van der Waals surface area contributed by atoms with Gasteiger partial charge in [0, 0.05) is 17.7 Å². The molecule has 2 rings (SSSR count). The third-order valence-electron chi connectivity index (χ3n) is 3.66. The molecule has 0 aliphatic heterocycles. The number of ether oxygens (including phenoxy) is 2. The van der Waals surface area contributed by atoms with E-state index in [0.717, 1.165) is 12.0 Å². The second-order valence-corrected chi connectivity index (χ2v) is 6.03. The van der Waals surface area contributed by atoms with E-state index in [1.54, 1.807) is 13.2 Å². The molecule has 2 aromatic rings. The Morgan fingerprint density at radius 2 is 1.88 bits per heavy atom. The SMILES string of the molecule is CCCCc1ccc(-c2cc(OC)cc(C(=O)OC(C)C)n2)cc1. The monoisotopic (exact) mass is 327 g/mol. The summed E-state index contributed by atoms with van der Waals surface area (Å²) in [6.07, 6.45) is 3.25. The number of benzene rings is 1. The van der Waals surface area contributed by atoms with Crippen molar-refractivity contribution in [2.75, 3.05) is 7.11 Å². The standard InChI is InChI=1S/C20H25NO3/c1-5-6-7-15-8-10-16(11-9-15)18-12-17(23-4)13-19(21-18)20(22)24-14(2)3/h8-14H,5-7H2,1-4H3. The molecule has 1 heterocycles. The minimum Gasteiger partial charge on any atom is -0.497 e. The fraction of sp³-hybridized carbons (Fsp3) is 0.400. The van der Waals surface area contributed by atoms with Gasteiger partial charge in [0.25, 0.3) is 0 Å². The van der Waals surface area contributed by atoms with Crippen LogP contribution >= 0.6 is 0 Å². The van der Waals surface area contributed by atoms with Crippen LogP contribution in [0.25, 0.3) is 11.3 Å². The summed E-state index contributed by atoms with van der Waals surface area (Å²) in [6, 6.07) is 11.7. The first-order chi connectivity index (χ1) is 11.5. The van der Waals surface area contributed by atoms with E-state index in [1.165, 1.54) is 18.4 Å². The van der Waals surface area contributed by atoms with Crippen LogP contribution < -0.4 is 4.74 Å². The highest BCUT2D eigenvalue weighted by Gasteiger charge is 2.14. The molecule has 0 amide bonds. The number of rotatable bonds is 7. The van der Waals surface area contributed by atoms with Gasteiger partial charge in [0.2, 0.25) is 0 Å². The number of unbranched alkanes of at least 4 members (excludes halogenated alkanes) is 1. The summed E-state index contributed by atoms with van der Waals surface area (Å²) < 4.78 is 10.5. The molecule has 0 radical (unpaired) electrons. The zero-order valence-electron chi connectivity index (χ0n) is 14.8. The Hall–Kier alpha value is -2.36. The fourth-order valence-electron chi connectivity index (χ4n) is 2.37. The lowest BCUT2D eigenvalue weighted by atomic mass is 10.0. The number of carbonyl (C=O) groups is 1. The fourth-order valence-corrected chi connectivity index (χ4v) is 2.37. The van der Waals surface area contributed by atoms with Gasteiger partial charge in [-0.1, -0.05) is 37.6 Å². The molecule has 0 saturated carbocycles. The van der Waals surface area contributed by atoms with Gasteiger partial charge >= 0.3 is 5.97 Å². The molecule has 0 fully saturated rings. The lowest BCUT2D eigenvalue weighted by molar-refractivity contribution is 0.0370. The second kappa shape index (κ2) is 8.48.